The number of halogens is 2. The molecule has 0 bridgehead atoms. The fourth-order valence-electron chi connectivity index (χ4n) is 1.30. The summed E-state index contributed by atoms with van der Waals surface area (Å²) >= 11 is 11.5. The third-order valence-electron chi connectivity index (χ3n) is 2.22. The van der Waals surface area contributed by atoms with Crippen molar-refractivity contribution in [2.24, 2.45) is 0 Å². The lowest BCUT2D eigenvalue weighted by molar-refractivity contribution is -0.139. The first kappa shape index (κ1) is 16.2. The van der Waals surface area contributed by atoms with Gasteiger partial charge in [0.15, 0.2) is 0 Å². The van der Waals surface area contributed by atoms with Crippen LogP contribution in [-0.2, 0) is 14.8 Å². The van der Waals surface area contributed by atoms with Gasteiger partial charge in [-0.25, -0.2) is 8.42 Å². The van der Waals surface area contributed by atoms with Crippen LogP contribution in [0, 0.1) is 0 Å². The largest absolute Gasteiger partial charge is 0.480 e. The van der Waals surface area contributed by atoms with Crippen LogP contribution in [0.4, 0.5) is 0 Å². The minimum atomic E-state index is -4.14. The quantitative estimate of drug-likeness (QED) is 0.726. The molecule has 1 rings (SSSR count). The number of carbonyl (C=O) groups is 1. The second kappa shape index (κ2) is 6.53. The fourth-order valence-corrected chi connectivity index (χ4v) is 3.29. The normalized spacial score (nSPS) is 13.2. The second-order valence-corrected chi connectivity index (χ2v) is 6.04. The highest BCUT2D eigenvalue weighted by Gasteiger charge is 2.27. The zero-order valence-electron chi connectivity index (χ0n) is 9.51. The van der Waals surface area contributed by atoms with Crippen LogP contribution in [0.1, 0.15) is 6.42 Å². The maximum Gasteiger partial charge on any atom is 0.321 e. The molecule has 0 saturated carbocycles. The molecule has 0 aliphatic rings. The third-order valence-corrected chi connectivity index (χ3v) is 4.66. The van der Waals surface area contributed by atoms with Gasteiger partial charge in [-0.2, -0.15) is 4.72 Å². The van der Waals surface area contributed by atoms with Crippen molar-refractivity contribution in [2.75, 3.05) is 6.61 Å². The lowest BCUT2D eigenvalue weighted by Crippen LogP contribution is -2.41. The number of sulfonamides is 1. The summed E-state index contributed by atoms with van der Waals surface area (Å²) < 4.78 is 25.9. The molecule has 0 aliphatic heterocycles. The summed E-state index contributed by atoms with van der Waals surface area (Å²) in [5, 5.41) is 17.4. The van der Waals surface area contributed by atoms with Crippen molar-refractivity contribution in [3.8, 4) is 0 Å². The number of aliphatic hydroxyl groups excluding tert-OH is 1. The highest BCUT2D eigenvalue weighted by molar-refractivity contribution is 7.89. The number of aliphatic carboxylic acids is 1. The van der Waals surface area contributed by atoms with Gasteiger partial charge in [0, 0.05) is 6.61 Å². The molecule has 3 N–H and O–H groups in total. The molecule has 0 radical (unpaired) electrons. The Balaban J connectivity index is 3.10. The lowest BCUT2D eigenvalue weighted by atomic mass is 10.2. The number of hydrogen-bond acceptors (Lipinski definition) is 4. The monoisotopic (exact) mass is 327 g/mol. The van der Waals surface area contributed by atoms with Crippen LogP contribution in [0.15, 0.2) is 23.1 Å². The van der Waals surface area contributed by atoms with E-state index in [-0.39, 0.29) is 21.4 Å². The predicted molar refractivity (Wildman–Crippen MR) is 69.9 cm³/mol. The highest BCUT2D eigenvalue weighted by Crippen LogP contribution is 2.28. The molecular formula is C10H11Cl2NO5S. The number of hydrogen-bond donors (Lipinski definition) is 3. The summed E-state index contributed by atoms with van der Waals surface area (Å²) in [4.78, 5) is 10.5. The number of rotatable bonds is 6. The number of aliphatic hydroxyl groups is 1. The molecule has 19 heavy (non-hydrogen) atoms. The van der Waals surface area contributed by atoms with E-state index in [2.05, 4.69) is 0 Å². The van der Waals surface area contributed by atoms with Gasteiger partial charge in [-0.05, 0) is 18.6 Å². The minimum Gasteiger partial charge on any atom is -0.480 e. The SMILES string of the molecule is O=C(O)C(CCO)NS(=O)(=O)c1cccc(Cl)c1Cl. The lowest BCUT2D eigenvalue weighted by Gasteiger charge is -2.14. The maximum absolute atomic E-state index is 12.0. The van der Waals surface area contributed by atoms with E-state index in [9.17, 15) is 13.2 Å². The van der Waals surface area contributed by atoms with E-state index < -0.39 is 28.6 Å². The summed E-state index contributed by atoms with van der Waals surface area (Å²) in [5.41, 5.74) is 0. The third kappa shape index (κ3) is 4.05. The molecular weight excluding hydrogens is 317 g/mol. The van der Waals surface area contributed by atoms with Crippen molar-refractivity contribution in [3.05, 3.63) is 28.2 Å². The Morgan fingerprint density at radius 1 is 1.37 bits per heavy atom. The molecule has 1 unspecified atom stereocenters. The van der Waals surface area contributed by atoms with Gasteiger partial charge in [0.1, 0.15) is 10.9 Å². The Labute approximate surface area is 120 Å². The first-order chi connectivity index (χ1) is 8.79. The molecule has 6 nitrogen and oxygen atoms in total. The molecule has 0 saturated heterocycles. The zero-order chi connectivity index (χ0) is 14.6. The minimum absolute atomic E-state index is 0.0403. The van der Waals surface area contributed by atoms with Gasteiger partial charge in [-0.15, -0.1) is 0 Å². The zero-order valence-corrected chi connectivity index (χ0v) is 11.8. The van der Waals surface area contributed by atoms with Crippen LogP contribution < -0.4 is 4.72 Å². The van der Waals surface area contributed by atoms with E-state index in [4.69, 9.17) is 33.4 Å². The average Bonchev–Trinajstić information content (AvgIpc) is 2.31. The topological polar surface area (TPSA) is 104 Å². The van der Waals surface area contributed by atoms with Gasteiger partial charge in [-0.1, -0.05) is 29.3 Å². The predicted octanol–water partition coefficient (Wildman–Crippen LogP) is 1.11. The fraction of sp³-hybridized carbons (Fsp3) is 0.300. The van der Waals surface area contributed by atoms with Crippen LogP contribution in [0.5, 0.6) is 0 Å². The first-order valence-corrected chi connectivity index (χ1v) is 7.33. The molecule has 0 aromatic heterocycles. The van der Waals surface area contributed by atoms with Crippen LogP contribution >= 0.6 is 23.2 Å². The van der Waals surface area contributed by atoms with Gasteiger partial charge in [0.2, 0.25) is 10.0 Å². The van der Waals surface area contributed by atoms with Crippen LogP contribution in [0.25, 0.3) is 0 Å². The molecule has 9 heteroatoms. The van der Waals surface area contributed by atoms with Crippen molar-refractivity contribution in [1.29, 1.82) is 0 Å². The smallest absolute Gasteiger partial charge is 0.321 e. The van der Waals surface area contributed by atoms with Crippen LogP contribution in [0.3, 0.4) is 0 Å². The summed E-state index contributed by atoms with van der Waals surface area (Å²) in [5.74, 6) is -1.39. The number of benzene rings is 1. The van der Waals surface area contributed by atoms with Crippen molar-refractivity contribution in [3.63, 3.8) is 0 Å². The van der Waals surface area contributed by atoms with E-state index in [1.165, 1.54) is 18.2 Å². The highest BCUT2D eigenvalue weighted by atomic mass is 35.5. The molecule has 1 aromatic carbocycles. The van der Waals surface area contributed by atoms with Gasteiger partial charge >= 0.3 is 5.97 Å². The van der Waals surface area contributed by atoms with Crippen LogP contribution in [0.2, 0.25) is 10.0 Å². The summed E-state index contributed by atoms with van der Waals surface area (Å²) in [7, 11) is -4.14. The number of nitrogens with one attached hydrogen (secondary N) is 1. The van der Waals surface area contributed by atoms with E-state index in [1.807, 2.05) is 4.72 Å². The summed E-state index contributed by atoms with van der Waals surface area (Å²) in [6.45, 7) is -0.469. The first-order valence-electron chi connectivity index (χ1n) is 5.09. The molecule has 1 atom stereocenters. The summed E-state index contributed by atoms with van der Waals surface area (Å²) in [6.07, 6.45) is -0.257. The van der Waals surface area contributed by atoms with Crippen molar-refractivity contribution >= 4 is 39.2 Å². The average molecular weight is 328 g/mol. The number of carboxylic acids is 1. The van der Waals surface area contributed by atoms with Crippen molar-refractivity contribution < 1.29 is 23.4 Å². The van der Waals surface area contributed by atoms with Crippen molar-refractivity contribution in [2.45, 2.75) is 17.4 Å². The maximum atomic E-state index is 12.0. The Kier molecular flexibility index (Phi) is 5.57. The van der Waals surface area contributed by atoms with Gasteiger partial charge in [-0.3, -0.25) is 4.79 Å². The van der Waals surface area contributed by atoms with Crippen molar-refractivity contribution in [1.82, 2.24) is 4.72 Å². The Hall–Kier alpha value is -0.860. The molecule has 1 aromatic rings. The molecule has 0 aliphatic carbocycles. The van der Waals surface area contributed by atoms with Crippen LogP contribution in [-0.4, -0.2) is 37.2 Å². The molecule has 0 heterocycles. The Morgan fingerprint density at radius 3 is 2.53 bits per heavy atom. The molecule has 0 fully saturated rings. The molecule has 106 valence electrons. The second-order valence-electron chi connectivity index (χ2n) is 3.58. The van der Waals surface area contributed by atoms with E-state index in [0.29, 0.717) is 0 Å². The molecule has 0 spiro atoms. The van der Waals surface area contributed by atoms with E-state index >= 15 is 0 Å². The summed E-state index contributed by atoms with van der Waals surface area (Å²) in [6, 6.07) is 2.55. The Morgan fingerprint density at radius 2 is 2.00 bits per heavy atom. The van der Waals surface area contributed by atoms with E-state index in [1.54, 1.807) is 0 Å². The Bertz CT molecular complexity index is 575. The van der Waals surface area contributed by atoms with Gasteiger partial charge < -0.3 is 10.2 Å². The van der Waals surface area contributed by atoms with Gasteiger partial charge in [0.25, 0.3) is 0 Å². The standard InChI is InChI=1S/C10H11Cl2NO5S/c11-6-2-1-3-8(9(6)12)19(17,18)13-7(4-5-14)10(15)16/h1-3,7,13-14H,4-5H2,(H,15,16). The number of carboxylic acid groups (broad SMARTS) is 1. The molecule has 0 amide bonds. The van der Waals surface area contributed by atoms with E-state index in [0.717, 1.165) is 0 Å². The van der Waals surface area contributed by atoms with Gasteiger partial charge in [0.05, 0.1) is 10.0 Å².